The van der Waals surface area contributed by atoms with Crippen molar-refractivity contribution < 1.29 is 4.79 Å². The van der Waals surface area contributed by atoms with Crippen molar-refractivity contribution >= 4 is 5.91 Å². The molecular formula is C16H31N3O. The molecular weight excluding hydrogens is 250 g/mol. The molecule has 4 heteroatoms. The van der Waals surface area contributed by atoms with Crippen LogP contribution < -0.4 is 11.1 Å². The normalized spacial score (nSPS) is 30.2. The predicted octanol–water partition coefficient (Wildman–Crippen LogP) is 1.88. The Hall–Kier alpha value is -0.610. The van der Waals surface area contributed by atoms with E-state index >= 15 is 0 Å². The minimum Gasteiger partial charge on any atom is -0.353 e. The summed E-state index contributed by atoms with van der Waals surface area (Å²) in [5, 5.41) is 3.27. The molecule has 3 N–H and O–H groups in total. The fraction of sp³-hybridized carbons (Fsp3) is 0.938. The number of hydrogen-bond donors (Lipinski definition) is 2. The highest BCUT2D eigenvalue weighted by Gasteiger charge is 2.30. The molecule has 4 nitrogen and oxygen atoms in total. The monoisotopic (exact) mass is 281 g/mol. The highest BCUT2D eigenvalue weighted by Crippen LogP contribution is 2.24. The summed E-state index contributed by atoms with van der Waals surface area (Å²) < 4.78 is 0. The number of carbonyl (C=O) groups is 1. The molecule has 1 aliphatic heterocycles. The zero-order valence-corrected chi connectivity index (χ0v) is 13.3. The number of rotatable bonds is 2. The zero-order valence-electron chi connectivity index (χ0n) is 13.3. The van der Waals surface area contributed by atoms with Gasteiger partial charge in [-0.05, 0) is 59.3 Å². The first-order chi connectivity index (χ1) is 9.36. The van der Waals surface area contributed by atoms with Crippen LogP contribution in [0.2, 0.25) is 0 Å². The second kappa shape index (κ2) is 6.44. The number of nitrogens with two attached hydrogens (primary N) is 1. The van der Waals surface area contributed by atoms with Crippen molar-refractivity contribution in [1.82, 2.24) is 10.2 Å². The van der Waals surface area contributed by atoms with Crippen LogP contribution >= 0.6 is 0 Å². The Labute approximate surface area is 123 Å². The van der Waals surface area contributed by atoms with Gasteiger partial charge in [0.05, 0.1) is 0 Å². The molecule has 20 heavy (non-hydrogen) atoms. The van der Waals surface area contributed by atoms with Gasteiger partial charge in [-0.3, -0.25) is 9.69 Å². The summed E-state index contributed by atoms with van der Waals surface area (Å²) in [7, 11) is 0. The second-order valence-corrected chi connectivity index (χ2v) is 7.55. The Bertz CT molecular complexity index is 321. The van der Waals surface area contributed by atoms with Crippen LogP contribution in [-0.2, 0) is 4.79 Å². The Morgan fingerprint density at radius 2 is 1.60 bits per heavy atom. The van der Waals surface area contributed by atoms with E-state index in [0.717, 1.165) is 51.6 Å². The van der Waals surface area contributed by atoms with Crippen LogP contribution in [0.5, 0.6) is 0 Å². The van der Waals surface area contributed by atoms with Crippen LogP contribution in [0.15, 0.2) is 0 Å². The quantitative estimate of drug-likeness (QED) is 0.812. The molecule has 0 bridgehead atoms. The van der Waals surface area contributed by atoms with E-state index in [2.05, 4.69) is 31.0 Å². The first-order valence-electron chi connectivity index (χ1n) is 8.17. The lowest BCUT2D eigenvalue weighted by molar-refractivity contribution is -0.127. The highest BCUT2D eigenvalue weighted by atomic mass is 16.1. The van der Waals surface area contributed by atoms with Crippen LogP contribution in [-0.4, -0.2) is 41.5 Å². The average molecular weight is 281 g/mol. The maximum atomic E-state index is 12.3. The Balaban J connectivity index is 1.74. The van der Waals surface area contributed by atoms with Gasteiger partial charge in [-0.25, -0.2) is 0 Å². The third-order valence-electron chi connectivity index (χ3n) is 4.93. The van der Waals surface area contributed by atoms with Crippen molar-refractivity contribution in [2.75, 3.05) is 13.1 Å². The van der Waals surface area contributed by atoms with Crippen LogP contribution in [0.3, 0.4) is 0 Å². The summed E-state index contributed by atoms with van der Waals surface area (Å²) in [5.74, 6) is 0.474. The summed E-state index contributed by atoms with van der Waals surface area (Å²) in [6, 6.07) is 0.686. The molecule has 2 aliphatic rings. The molecule has 0 aromatic rings. The van der Waals surface area contributed by atoms with E-state index in [1.165, 1.54) is 0 Å². The molecule has 1 saturated carbocycles. The molecule has 2 fully saturated rings. The van der Waals surface area contributed by atoms with Crippen LogP contribution in [0, 0.1) is 5.92 Å². The van der Waals surface area contributed by atoms with E-state index in [1.807, 2.05) is 0 Å². The average Bonchev–Trinajstić information content (AvgIpc) is 2.39. The van der Waals surface area contributed by atoms with Crippen LogP contribution in [0.4, 0.5) is 0 Å². The van der Waals surface area contributed by atoms with Crippen molar-refractivity contribution in [3.8, 4) is 0 Å². The lowest BCUT2D eigenvalue weighted by atomic mass is 9.85. The van der Waals surface area contributed by atoms with Gasteiger partial charge < -0.3 is 11.1 Å². The lowest BCUT2D eigenvalue weighted by Gasteiger charge is -2.41. The highest BCUT2D eigenvalue weighted by molar-refractivity contribution is 5.79. The van der Waals surface area contributed by atoms with E-state index in [4.69, 9.17) is 5.73 Å². The molecule has 2 rings (SSSR count). The van der Waals surface area contributed by atoms with Crippen molar-refractivity contribution in [3.05, 3.63) is 0 Å². The van der Waals surface area contributed by atoms with E-state index in [9.17, 15) is 4.79 Å². The van der Waals surface area contributed by atoms with Gasteiger partial charge in [0.15, 0.2) is 0 Å². The number of likely N-dealkylation sites (tertiary alicyclic amines) is 1. The maximum Gasteiger partial charge on any atom is 0.223 e. The smallest absolute Gasteiger partial charge is 0.223 e. The number of hydrogen-bond acceptors (Lipinski definition) is 3. The molecule has 1 amide bonds. The minimum atomic E-state index is 0.204. The Kier molecular flexibility index (Phi) is 5.08. The van der Waals surface area contributed by atoms with Gasteiger partial charge in [-0.2, -0.15) is 0 Å². The van der Waals surface area contributed by atoms with Gasteiger partial charge in [0.1, 0.15) is 0 Å². The van der Waals surface area contributed by atoms with Crippen molar-refractivity contribution in [2.24, 2.45) is 11.7 Å². The van der Waals surface area contributed by atoms with Crippen molar-refractivity contribution in [2.45, 2.75) is 76.9 Å². The molecule has 0 radical (unpaired) electrons. The summed E-state index contributed by atoms with van der Waals surface area (Å²) in [6.45, 7) is 8.96. The molecule has 1 heterocycles. The lowest BCUT2D eigenvalue weighted by Crippen LogP contribution is -2.51. The SMILES string of the molecule is CC(C)(C)N1CCC(NC(=O)C2CCC(N)CC2)CC1. The Morgan fingerprint density at radius 1 is 1.05 bits per heavy atom. The van der Waals surface area contributed by atoms with Gasteiger partial charge in [0.25, 0.3) is 0 Å². The summed E-state index contributed by atoms with van der Waals surface area (Å²) >= 11 is 0. The number of carbonyl (C=O) groups excluding carboxylic acids is 1. The number of nitrogens with one attached hydrogen (secondary N) is 1. The van der Waals surface area contributed by atoms with Crippen LogP contribution in [0.25, 0.3) is 0 Å². The first kappa shape index (κ1) is 15.8. The molecule has 0 atom stereocenters. The second-order valence-electron chi connectivity index (χ2n) is 7.55. The van der Waals surface area contributed by atoms with E-state index < -0.39 is 0 Å². The maximum absolute atomic E-state index is 12.3. The zero-order chi connectivity index (χ0) is 14.8. The van der Waals surface area contributed by atoms with Gasteiger partial charge in [0, 0.05) is 36.6 Å². The number of amides is 1. The van der Waals surface area contributed by atoms with Gasteiger partial charge in [-0.1, -0.05) is 0 Å². The third kappa shape index (κ3) is 4.19. The molecule has 0 unspecified atom stereocenters. The summed E-state index contributed by atoms with van der Waals surface area (Å²) in [5.41, 5.74) is 6.14. The molecule has 0 aromatic heterocycles. The van der Waals surface area contributed by atoms with Gasteiger partial charge in [0.2, 0.25) is 5.91 Å². The van der Waals surface area contributed by atoms with Crippen LogP contribution in [0.1, 0.15) is 59.3 Å². The van der Waals surface area contributed by atoms with Gasteiger partial charge in [-0.15, -0.1) is 0 Å². The minimum absolute atomic E-state index is 0.204. The molecule has 116 valence electrons. The third-order valence-corrected chi connectivity index (χ3v) is 4.93. The summed E-state index contributed by atoms with van der Waals surface area (Å²) in [4.78, 5) is 14.8. The van der Waals surface area contributed by atoms with E-state index in [1.54, 1.807) is 0 Å². The van der Waals surface area contributed by atoms with Crippen molar-refractivity contribution in [1.29, 1.82) is 0 Å². The first-order valence-corrected chi connectivity index (χ1v) is 8.17. The number of piperidine rings is 1. The van der Waals surface area contributed by atoms with Gasteiger partial charge >= 0.3 is 0 Å². The molecule has 1 saturated heterocycles. The molecule has 1 aliphatic carbocycles. The topological polar surface area (TPSA) is 58.4 Å². The van der Waals surface area contributed by atoms with Crippen molar-refractivity contribution in [3.63, 3.8) is 0 Å². The predicted molar refractivity (Wildman–Crippen MR) is 82.4 cm³/mol. The molecule has 0 aromatic carbocycles. The summed E-state index contributed by atoms with van der Waals surface area (Å²) in [6.07, 6.45) is 6.09. The van der Waals surface area contributed by atoms with E-state index in [-0.39, 0.29) is 17.4 Å². The number of nitrogens with zero attached hydrogens (tertiary/aromatic N) is 1. The Morgan fingerprint density at radius 3 is 2.10 bits per heavy atom. The molecule has 0 spiro atoms. The largest absolute Gasteiger partial charge is 0.353 e. The fourth-order valence-electron chi connectivity index (χ4n) is 3.40. The standard InChI is InChI=1S/C16H31N3O/c1-16(2,3)19-10-8-14(9-11-19)18-15(20)12-4-6-13(17)7-5-12/h12-14H,4-11,17H2,1-3H3,(H,18,20). The van der Waals surface area contributed by atoms with E-state index in [0.29, 0.717) is 12.1 Å². The fourth-order valence-corrected chi connectivity index (χ4v) is 3.40.